The molecule has 1 N–H and O–H groups in total. The number of hydrogen-bond donors (Lipinski definition) is 1. The summed E-state index contributed by atoms with van der Waals surface area (Å²) in [6.07, 6.45) is 3.56. The predicted octanol–water partition coefficient (Wildman–Crippen LogP) is 2.11. The largest absolute Gasteiger partial charge is 0.496 e. The average Bonchev–Trinajstić information content (AvgIpc) is 3.04. The Hall–Kier alpha value is -1.16. The monoisotopic (exact) mass is 472 g/mol. The fraction of sp³-hybridized carbons (Fsp3) is 0.727. The van der Waals surface area contributed by atoms with Crippen molar-refractivity contribution in [1.82, 2.24) is 10.2 Å². The van der Waals surface area contributed by atoms with E-state index in [1.54, 1.807) is 33.1 Å². The molecular weight excluding hydrogens is 436 g/mol. The number of nitrogens with one attached hydrogen (secondary N) is 1. The van der Waals surface area contributed by atoms with Crippen LogP contribution in [0.4, 0.5) is 0 Å². The second-order valence-corrected chi connectivity index (χ2v) is 13.9. The summed E-state index contributed by atoms with van der Waals surface area (Å²) in [7, 11) is -5.74. The zero-order valence-electron chi connectivity index (χ0n) is 19.3. The quantitative estimate of drug-likeness (QED) is 0.650. The lowest BCUT2D eigenvalue weighted by Crippen LogP contribution is -2.56. The highest BCUT2D eigenvalue weighted by Gasteiger charge is 2.46. The normalized spacial score (nSPS) is 24.9. The van der Waals surface area contributed by atoms with Gasteiger partial charge in [0.2, 0.25) is 0 Å². The molecule has 2 saturated heterocycles. The van der Waals surface area contributed by atoms with Crippen molar-refractivity contribution in [3.05, 3.63) is 23.3 Å². The van der Waals surface area contributed by atoms with Gasteiger partial charge in [0, 0.05) is 18.1 Å². The third-order valence-electron chi connectivity index (χ3n) is 6.71. The Balaban J connectivity index is 1.85. The molecule has 2 aliphatic rings. The van der Waals surface area contributed by atoms with Crippen LogP contribution in [0.1, 0.15) is 44.2 Å². The lowest BCUT2D eigenvalue weighted by Gasteiger charge is -2.42. The maximum Gasteiger partial charge on any atom is 0.184 e. The van der Waals surface area contributed by atoms with Crippen molar-refractivity contribution >= 4 is 19.7 Å². The summed E-state index contributed by atoms with van der Waals surface area (Å²) in [6, 6.07) is 2.68. The van der Waals surface area contributed by atoms with E-state index in [2.05, 4.69) is 24.1 Å². The maximum atomic E-state index is 13.6. The number of benzene rings is 1. The summed E-state index contributed by atoms with van der Waals surface area (Å²) in [6.45, 7) is 10.4. The van der Waals surface area contributed by atoms with Gasteiger partial charge in [-0.2, -0.15) is 0 Å². The molecule has 0 radical (unpaired) electrons. The summed E-state index contributed by atoms with van der Waals surface area (Å²) >= 11 is 0. The molecule has 3 rings (SSSR count). The van der Waals surface area contributed by atoms with E-state index in [-0.39, 0.29) is 21.9 Å². The van der Waals surface area contributed by atoms with E-state index in [9.17, 15) is 16.8 Å². The molecule has 0 saturated carbocycles. The van der Waals surface area contributed by atoms with Gasteiger partial charge in [-0.3, -0.25) is 4.90 Å². The fourth-order valence-corrected chi connectivity index (χ4v) is 9.78. The van der Waals surface area contributed by atoms with Crippen molar-refractivity contribution in [2.45, 2.75) is 68.7 Å². The number of hydrogen-bond acceptors (Lipinski definition) is 7. The number of likely N-dealkylation sites (tertiary alicyclic amines) is 1. The third kappa shape index (κ3) is 5.26. The third-order valence-corrected chi connectivity index (χ3v) is 11.0. The van der Waals surface area contributed by atoms with Gasteiger partial charge in [0.15, 0.2) is 19.7 Å². The highest BCUT2D eigenvalue weighted by atomic mass is 32.2. The molecule has 0 amide bonds. The zero-order valence-corrected chi connectivity index (χ0v) is 20.9. The van der Waals surface area contributed by atoms with Crippen molar-refractivity contribution in [2.24, 2.45) is 0 Å². The average molecular weight is 473 g/mol. The van der Waals surface area contributed by atoms with Crippen molar-refractivity contribution in [2.75, 3.05) is 38.2 Å². The predicted molar refractivity (Wildman–Crippen MR) is 123 cm³/mol. The molecule has 0 aliphatic carbocycles. The van der Waals surface area contributed by atoms with E-state index in [0.29, 0.717) is 23.4 Å². The first kappa shape index (κ1) is 24.5. The first-order chi connectivity index (χ1) is 14.4. The topological polar surface area (TPSA) is 92.8 Å². The molecule has 0 bridgehead atoms. The molecule has 0 aromatic heterocycles. The van der Waals surface area contributed by atoms with Crippen LogP contribution in [-0.2, 0) is 19.7 Å². The molecule has 0 spiro atoms. The molecule has 176 valence electrons. The summed E-state index contributed by atoms with van der Waals surface area (Å²) in [5, 5.41) is 2.33. The highest BCUT2D eigenvalue weighted by molar-refractivity contribution is 7.96. The van der Waals surface area contributed by atoms with Gasteiger partial charge in [0.25, 0.3) is 0 Å². The van der Waals surface area contributed by atoms with Crippen molar-refractivity contribution in [3.8, 4) is 5.75 Å². The first-order valence-corrected chi connectivity index (χ1v) is 14.3. The molecule has 1 aromatic carbocycles. The minimum absolute atomic E-state index is 0.152. The Kier molecular flexibility index (Phi) is 7.11. The van der Waals surface area contributed by atoms with Crippen molar-refractivity contribution < 1.29 is 21.6 Å². The Morgan fingerprint density at radius 1 is 1.10 bits per heavy atom. The number of methoxy groups -OCH3 is 1. The Morgan fingerprint density at radius 2 is 1.74 bits per heavy atom. The summed E-state index contributed by atoms with van der Waals surface area (Å²) in [4.78, 5) is 2.60. The van der Waals surface area contributed by atoms with E-state index >= 15 is 0 Å². The highest BCUT2D eigenvalue weighted by Crippen LogP contribution is 2.32. The molecule has 2 fully saturated rings. The zero-order chi connectivity index (χ0) is 23.0. The summed E-state index contributed by atoms with van der Waals surface area (Å²) in [5.41, 5.74) is 1.11. The lowest BCUT2D eigenvalue weighted by atomic mass is 9.98. The molecule has 31 heavy (non-hydrogen) atoms. The molecule has 2 aliphatic heterocycles. The van der Waals surface area contributed by atoms with Gasteiger partial charge in [0.05, 0.1) is 28.8 Å². The number of aryl methyl sites for hydroxylation is 2. The maximum absolute atomic E-state index is 13.6. The van der Waals surface area contributed by atoms with Gasteiger partial charge in [-0.05, 0) is 76.9 Å². The van der Waals surface area contributed by atoms with Gasteiger partial charge in [0.1, 0.15) is 5.75 Å². The van der Waals surface area contributed by atoms with Crippen LogP contribution in [0.3, 0.4) is 0 Å². The Morgan fingerprint density at radius 3 is 2.35 bits per heavy atom. The number of sulfone groups is 2. The summed E-state index contributed by atoms with van der Waals surface area (Å²) in [5.74, 6) is 0.122. The number of piperidine rings is 1. The van der Waals surface area contributed by atoms with Crippen molar-refractivity contribution in [1.29, 1.82) is 0 Å². The van der Waals surface area contributed by atoms with Crippen molar-refractivity contribution in [3.63, 3.8) is 0 Å². The van der Waals surface area contributed by atoms with Crippen LogP contribution in [0.5, 0.6) is 5.75 Å². The number of nitrogens with zero attached hydrogens (tertiary/aromatic N) is 1. The molecular formula is C22H36N2O5S2. The van der Waals surface area contributed by atoms with Gasteiger partial charge in [-0.1, -0.05) is 6.42 Å². The minimum atomic E-state index is -3.84. The molecule has 1 aromatic rings. The SMILES string of the molecule is COc1cc(C)c(S(=O)(=O)[C@H]2CS(=O)(=O)C[C@@H]2NCC(C)(C)N2CCCCC2)cc1C. The van der Waals surface area contributed by atoms with Gasteiger partial charge in [-0.25, -0.2) is 16.8 Å². The summed E-state index contributed by atoms with van der Waals surface area (Å²) < 4.78 is 57.4. The van der Waals surface area contributed by atoms with Gasteiger partial charge >= 0.3 is 0 Å². The molecule has 9 heteroatoms. The van der Waals surface area contributed by atoms with Gasteiger partial charge in [-0.15, -0.1) is 0 Å². The standard InChI is InChI=1S/C22H36N2O5S2/c1-16-12-20(17(2)11-19(16)29-5)31(27,28)21-14-30(25,26)13-18(21)23-15-22(3,4)24-9-7-6-8-10-24/h11-12,18,21,23H,6-10,13-15H2,1-5H3/t18-,21-/m0/s1. The first-order valence-electron chi connectivity index (χ1n) is 11.0. The second kappa shape index (κ2) is 9.00. The number of rotatable bonds is 7. The second-order valence-electron chi connectivity index (χ2n) is 9.60. The molecule has 2 atom stereocenters. The number of ether oxygens (including phenoxy) is 1. The van der Waals surface area contributed by atoms with Crippen LogP contribution in [0.15, 0.2) is 17.0 Å². The fourth-order valence-electron chi connectivity index (χ4n) is 4.76. The Labute approximate surface area is 187 Å². The van der Waals surface area contributed by atoms with Crippen LogP contribution >= 0.6 is 0 Å². The van der Waals surface area contributed by atoms with E-state index in [4.69, 9.17) is 4.74 Å². The molecule has 0 unspecified atom stereocenters. The smallest absolute Gasteiger partial charge is 0.184 e. The van der Waals surface area contributed by atoms with E-state index in [0.717, 1.165) is 25.9 Å². The van der Waals surface area contributed by atoms with E-state index in [1.165, 1.54) is 6.42 Å². The Bertz CT molecular complexity index is 1010. The van der Waals surface area contributed by atoms with E-state index in [1.807, 2.05) is 0 Å². The lowest BCUT2D eigenvalue weighted by molar-refractivity contribution is 0.0925. The van der Waals surface area contributed by atoms with Gasteiger partial charge < -0.3 is 10.1 Å². The minimum Gasteiger partial charge on any atom is -0.496 e. The molecule has 2 heterocycles. The van der Waals surface area contributed by atoms with Crippen LogP contribution in [0.2, 0.25) is 0 Å². The van der Waals surface area contributed by atoms with Crippen LogP contribution < -0.4 is 10.1 Å². The van der Waals surface area contributed by atoms with Crippen LogP contribution in [0.25, 0.3) is 0 Å². The molecule has 7 nitrogen and oxygen atoms in total. The van der Waals surface area contributed by atoms with E-state index < -0.39 is 31.0 Å². The van der Waals surface area contributed by atoms with Crippen LogP contribution in [-0.4, -0.2) is 76.8 Å². The van der Waals surface area contributed by atoms with Crippen LogP contribution in [0, 0.1) is 13.8 Å².